The predicted octanol–water partition coefficient (Wildman–Crippen LogP) is 3.57. The van der Waals surface area contributed by atoms with Crippen molar-refractivity contribution in [3.63, 3.8) is 0 Å². The summed E-state index contributed by atoms with van der Waals surface area (Å²) in [5.74, 6) is 0.822. The number of rotatable bonds is 4. The third-order valence-corrected chi connectivity index (χ3v) is 4.09. The molecule has 0 saturated carbocycles. The van der Waals surface area contributed by atoms with Crippen molar-refractivity contribution in [1.82, 2.24) is 0 Å². The van der Waals surface area contributed by atoms with Gasteiger partial charge in [0.25, 0.3) is 0 Å². The number of benzene rings is 1. The minimum absolute atomic E-state index is 0.00694. The highest BCUT2D eigenvalue weighted by atomic mass is 35.5. The largest absolute Gasteiger partial charge is 0.487 e. The summed E-state index contributed by atoms with van der Waals surface area (Å²) in [6.45, 7) is 8.88. The molecule has 2 N–H and O–H groups in total. The van der Waals surface area contributed by atoms with Crippen LogP contribution in [-0.2, 0) is 11.2 Å². The van der Waals surface area contributed by atoms with E-state index in [2.05, 4.69) is 27.7 Å². The molecule has 0 spiro atoms. The van der Waals surface area contributed by atoms with Crippen LogP contribution in [0.1, 0.15) is 39.7 Å². The Morgan fingerprint density at radius 2 is 2.05 bits per heavy atom. The second-order valence-corrected chi connectivity index (χ2v) is 6.94. The fraction of sp³-hybridized carbons (Fsp3) is 0.625. The van der Waals surface area contributed by atoms with Gasteiger partial charge in [0, 0.05) is 17.0 Å². The average molecular weight is 298 g/mol. The van der Waals surface area contributed by atoms with E-state index in [0.29, 0.717) is 18.0 Å². The molecule has 1 unspecified atom stereocenters. The monoisotopic (exact) mass is 297 g/mol. The molecule has 2 rings (SSSR count). The summed E-state index contributed by atoms with van der Waals surface area (Å²) in [5.41, 5.74) is 6.17. The maximum absolute atomic E-state index is 6.25. The summed E-state index contributed by atoms with van der Waals surface area (Å²) < 4.78 is 12.3. The molecule has 1 aliphatic heterocycles. The fourth-order valence-electron chi connectivity index (χ4n) is 2.88. The Labute approximate surface area is 126 Å². The van der Waals surface area contributed by atoms with Crippen molar-refractivity contribution in [3.05, 3.63) is 28.8 Å². The minimum atomic E-state index is -0.314. The lowest BCUT2D eigenvalue weighted by Gasteiger charge is -2.28. The van der Waals surface area contributed by atoms with Crippen LogP contribution in [0.4, 0.5) is 0 Å². The van der Waals surface area contributed by atoms with E-state index in [1.165, 1.54) is 0 Å². The van der Waals surface area contributed by atoms with Crippen LogP contribution in [0.2, 0.25) is 5.02 Å². The number of halogens is 1. The molecule has 1 saturated heterocycles. The Balaban J connectivity index is 2.24. The molecule has 3 nitrogen and oxygen atoms in total. The van der Waals surface area contributed by atoms with Gasteiger partial charge in [-0.05, 0) is 52.8 Å². The Kier molecular flexibility index (Phi) is 4.33. The van der Waals surface area contributed by atoms with Gasteiger partial charge in [-0.2, -0.15) is 0 Å². The summed E-state index contributed by atoms with van der Waals surface area (Å²) in [5, 5.41) is 0.712. The molecule has 0 aliphatic carbocycles. The molecule has 0 bridgehead atoms. The highest BCUT2D eigenvalue weighted by Gasteiger charge is 2.47. The normalized spacial score (nSPS) is 23.8. The number of ether oxygens (including phenoxy) is 2. The van der Waals surface area contributed by atoms with Crippen molar-refractivity contribution in [3.8, 4) is 5.75 Å². The van der Waals surface area contributed by atoms with Gasteiger partial charge in [-0.1, -0.05) is 17.7 Å². The standard InChI is InChI=1S/C16H24ClNO2/c1-15(2)10-14(16(3,4)20-15)19-13-7-5-6-12(17)11(13)8-9-18/h5-7,14H,8-10,18H2,1-4H3. The highest BCUT2D eigenvalue weighted by Crippen LogP contribution is 2.40. The van der Waals surface area contributed by atoms with E-state index >= 15 is 0 Å². The SMILES string of the molecule is CC1(C)CC(Oc2cccc(Cl)c2CCN)C(C)(C)O1. The zero-order valence-corrected chi connectivity index (χ0v) is 13.5. The van der Waals surface area contributed by atoms with Crippen LogP contribution >= 0.6 is 11.6 Å². The van der Waals surface area contributed by atoms with Crippen molar-refractivity contribution in [2.24, 2.45) is 5.73 Å². The summed E-state index contributed by atoms with van der Waals surface area (Å²) in [6.07, 6.45) is 1.58. The van der Waals surface area contributed by atoms with Crippen LogP contribution in [0.3, 0.4) is 0 Å². The van der Waals surface area contributed by atoms with Crippen LogP contribution in [0.25, 0.3) is 0 Å². The molecule has 1 aromatic carbocycles. The minimum Gasteiger partial charge on any atom is -0.487 e. The van der Waals surface area contributed by atoms with E-state index in [0.717, 1.165) is 17.7 Å². The first kappa shape index (κ1) is 15.6. The molecule has 0 aromatic heterocycles. The van der Waals surface area contributed by atoms with Crippen LogP contribution in [0.15, 0.2) is 18.2 Å². The zero-order valence-electron chi connectivity index (χ0n) is 12.7. The Morgan fingerprint density at radius 3 is 2.60 bits per heavy atom. The van der Waals surface area contributed by atoms with Gasteiger partial charge in [0.05, 0.1) is 5.60 Å². The quantitative estimate of drug-likeness (QED) is 0.924. The van der Waals surface area contributed by atoms with Crippen LogP contribution in [0.5, 0.6) is 5.75 Å². The first-order valence-electron chi connectivity index (χ1n) is 7.09. The van der Waals surface area contributed by atoms with Crippen molar-refractivity contribution in [1.29, 1.82) is 0 Å². The zero-order chi connectivity index (χ0) is 15.0. The molecule has 20 heavy (non-hydrogen) atoms. The molecule has 1 fully saturated rings. The number of hydrogen-bond donors (Lipinski definition) is 1. The molecule has 0 radical (unpaired) electrons. The second-order valence-electron chi connectivity index (χ2n) is 6.53. The summed E-state index contributed by atoms with van der Waals surface area (Å²) in [7, 11) is 0. The lowest BCUT2D eigenvalue weighted by Crippen LogP contribution is -2.37. The summed E-state index contributed by atoms with van der Waals surface area (Å²) in [4.78, 5) is 0. The second kappa shape index (κ2) is 5.55. The molecule has 0 amide bonds. The predicted molar refractivity (Wildman–Crippen MR) is 82.5 cm³/mol. The Morgan fingerprint density at radius 1 is 1.35 bits per heavy atom. The van der Waals surface area contributed by atoms with Crippen molar-refractivity contribution >= 4 is 11.6 Å². The number of hydrogen-bond acceptors (Lipinski definition) is 3. The first-order chi connectivity index (χ1) is 9.25. The van der Waals surface area contributed by atoms with Gasteiger partial charge in [-0.3, -0.25) is 0 Å². The molecule has 112 valence electrons. The van der Waals surface area contributed by atoms with Gasteiger partial charge < -0.3 is 15.2 Å². The third kappa shape index (κ3) is 3.27. The molecule has 1 aromatic rings. The molecular formula is C16H24ClNO2. The number of nitrogens with two attached hydrogens (primary N) is 1. The lowest BCUT2D eigenvalue weighted by molar-refractivity contribution is -0.0846. The van der Waals surface area contributed by atoms with Gasteiger partial charge >= 0.3 is 0 Å². The highest BCUT2D eigenvalue weighted by molar-refractivity contribution is 6.31. The summed E-state index contributed by atoms with van der Waals surface area (Å²) >= 11 is 6.25. The van der Waals surface area contributed by atoms with E-state index < -0.39 is 0 Å². The maximum Gasteiger partial charge on any atom is 0.130 e. The van der Waals surface area contributed by atoms with E-state index in [1.54, 1.807) is 0 Å². The molecule has 4 heteroatoms. The van der Waals surface area contributed by atoms with E-state index in [1.807, 2.05) is 18.2 Å². The fourth-order valence-corrected chi connectivity index (χ4v) is 3.15. The molecule has 1 heterocycles. The summed E-state index contributed by atoms with van der Waals surface area (Å²) in [6, 6.07) is 5.74. The smallest absolute Gasteiger partial charge is 0.130 e. The van der Waals surface area contributed by atoms with Crippen molar-refractivity contribution in [2.45, 2.75) is 57.8 Å². The Hall–Kier alpha value is -0.770. The Bertz CT molecular complexity index is 485. The van der Waals surface area contributed by atoms with Gasteiger partial charge in [0.2, 0.25) is 0 Å². The van der Waals surface area contributed by atoms with E-state index in [-0.39, 0.29) is 17.3 Å². The van der Waals surface area contributed by atoms with Crippen molar-refractivity contribution < 1.29 is 9.47 Å². The van der Waals surface area contributed by atoms with E-state index in [4.69, 9.17) is 26.8 Å². The lowest BCUT2D eigenvalue weighted by atomic mass is 9.97. The van der Waals surface area contributed by atoms with Crippen LogP contribution in [-0.4, -0.2) is 23.9 Å². The molecular weight excluding hydrogens is 274 g/mol. The maximum atomic E-state index is 6.25. The van der Waals surface area contributed by atoms with E-state index in [9.17, 15) is 0 Å². The van der Waals surface area contributed by atoms with Crippen molar-refractivity contribution in [2.75, 3.05) is 6.54 Å². The van der Waals surface area contributed by atoms with Gasteiger partial charge in [-0.15, -0.1) is 0 Å². The average Bonchev–Trinajstić information content (AvgIpc) is 2.51. The molecule has 1 aliphatic rings. The third-order valence-electron chi connectivity index (χ3n) is 3.73. The van der Waals surface area contributed by atoms with Crippen LogP contribution in [0, 0.1) is 0 Å². The van der Waals surface area contributed by atoms with Crippen LogP contribution < -0.4 is 10.5 Å². The molecule has 1 atom stereocenters. The topological polar surface area (TPSA) is 44.5 Å². The van der Waals surface area contributed by atoms with Gasteiger partial charge in [0.1, 0.15) is 17.5 Å². The van der Waals surface area contributed by atoms with Gasteiger partial charge in [-0.25, -0.2) is 0 Å². The van der Waals surface area contributed by atoms with Gasteiger partial charge in [0.15, 0.2) is 0 Å². The first-order valence-corrected chi connectivity index (χ1v) is 7.47.